The summed E-state index contributed by atoms with van der Waals surface area (Å²) in [5.74, 6) is 0. The number of hydrogen-bond donors (Lipinski definition) is 1. The van der Waals surface area contributed by atoms with Crippen molar-refractivity contribution in [1.29, 1.82) is 0 Å². The second kappa shape index (κ2) is 5.14. The molecule has 1 amide bonds. The van der Waals surface area contributed by atoms with E-state index < -0.39 is 0 Å². The predicted molar refractivity (Wildman–Crippen MR) is 52.3 cm³/mol. The molecule has 0 aliphatic heterocycles. The molecule has 0 saturated heterocycles. The van der Waals surface area contributed by atoms with Crippen LogP contribution < -0.4 is 4.90 Å². The molecular formula is C10H11NO3. The van der Waals surface area contributed by atoms with Crippen LogP contribution in [0.4, 0.5) is 5.69 Å². The smallest absolute Gasteiger partial charge is 0.214 e. The lowest BCUT2D eigenvalue weighted by Crippen LogP contribution is -2.24. The van der Waals surface area contributed by atoms with Gasteiger partial charge >= 0.3 is 0 Å². The highest BCUT2D eigenvalue weighted by atomic mass is 16.3. The number of aldehydes is 1. The van der Waals surface area contributed by atoms with E-state index in [2.05, 4.69) is 0 Å². The summed E-state index contributed by atoms with van der Waals surface area (Å²) in [5, 5.41) is 8.67. The minimum Gasteiger partial charge on any atom is -0.395 e. The number of nitrogens with zero attached hydrogens (tertiary/aromatic N) is 1. The van der Waals surface area contributed by atoms with Gasteiger partial charge in [-0.1, -0.05) is 0 Å². The lowest BCUT2D eigenvalue weighted by Gasteiger charge is -2.15. The first-order chi connectivity index (χ1) is 6.81. The van der Waals surface area contributed by atoms with Crippen molar-refractivity contribution in [2.24, 2.45) is 0 Å². The van der Waals surface area contributed by atoms with Crippen molar-refractivity contribution in [3.05, 3.63) is 29.8 Å². The third-order valence-corrected chi connectivity index (χ3v) is 1.83. The average Bonchev–Trinajstić information content (AvgIpc) is 2.26. The first-order valence-electron chi connectivity index (χ1n) is 4.20. The van der Waals surface area contributed by atoms with Crippen molar-refractivity contribution < 1.29 is 14.7 Å². The van der Waals surface area contributed by atoms with Gasteiger partial charge < -0.3 is 10.0 Å². The average molecular weight is 193 g/mol. The summed E-state index contributed by atoms with van der Waals surface area (Å²) >= 11 is 0. The van der Waals surface area contributed by atoms with Crippen LogP contribution in [0.5, 0.6) is 0 Å². The number of amides is 1. The Labute approximate surface area is 81.8 Å². The van der Waals surface area contributed by atoms with Crippen molar-refractivity contribution in [2.45, 2.75) is 0 Å². The van der Waals surface area contributed by atoms with E-state index >= 15 is 0 Å². The monoisotopic (exact) mass is 193 g/mol. The van der Waals surface area contributed by atoms with Gasteiger partial charge in [0.15, 0.2) is 0 Å². The molecule has 4 heteroatoms. The number of aliphatic hydroxyl groups is 1. The molecule has 0 heterocycles. The van der Waals surface area contributed by atoms with Gasteiger partial charge in [-0.25, -0.2) is 0 Å². The molecule has 0 spiro atoms. The minimum absolute atomic E-state index is 0.0891. The second-order valence-corrected chi connectivity index (χ2v) is 2.73. The van der Waals surface area contributed by atoms with Crippen molar-refractivity contribution in [1.82, 2.24) is 0 Å². The molecule has 0 radical (unpaired) electrons. The van der Waals surface area contributed by atoms with E-state index in [1.165, 1.54) is 4.90 Å². The fourth-order valence-electron chi connectivity index (χ4n) is 1.09. The van der Waals surface area contributed by atoms with Crippen LogP contribution in [-0.2, 0) is 4.79 Å². The number of hydrogen-bond acceptors (Lipinski definition) is 3. The van der Waals surface area contributed by atoms with Crippen molar-refractivity contribution in [3.63, 3.8) is 0 Å². The fraction of sp³-hybridized carbons (Fsp3) is 0.200. The molecule has 0 aromatic heterocycles. The number of rotatable bonds is 5. The van der Waals surface area contributed by atoms with Crippen LogP contribution in [0, 0.1) is 0 Å². The van der Waals surface area contributed by atoms with E-state index in [0.29, 0.717) is 17.7 Å². The highest BCUT2D eigenvalue weighted by Crippen LogP contribution is 2.12. The Bertz CT molecular complexity index is 308. The third-order valence-electron chi connectivity index (χ3n) is 1.83. The van der Waals surface area contributed by atoms with E-state index in [0.717, 1.165) is 6.29 Å². The maximum atomic E-state index is 10.6. The summed E-state index contributed by atoms with van der Waals surface area (Å²) in [6, 6.07) is 6.56. The minimum atomic E-state index is -0.0891. The lowest BCUT2D eigenvalue weighted by molar-refractivity contribution is -0.107. The van der Waals surface area contributed by atoms with Crippen LogP contribution in [0.15, 0.2) is 24.3 Å². The van der Waals surface area contributed by atoms with Crippen LogP contribution in [0.1, 0.15) is 10.4 Å². The van der Waals surface area contributed by atoms with Crippen molar-refractivity contribution in [2.75, 3.05) is 18.1 Å². The van der Waals surface area contributed by atoms with Crippen LogP contribution in [0.25, 0.3) is 0 Å². The molecule has 0 aliphatic rings. The maximum Gasteiger partial charge on any atom is 0.214 e. The molecule has 1 aromatic rings. The summed E-state index contributed by atoms with van der Waals surface area (Å²) in [6.07, 6.45) is 1.38. The molecular weight excluding hydrogens is 182 g/mol. The van der Waals surface area contributed by atoms with Gasteiger partial charge in [-0.15, -0.1) is 0 Å². The van der Waals surface area contributed by atoms with Crippen LogP contribution in [0.2, 0.25) is 0 Å². The molecule has 0 fully saturated rings. The van der Waals surface area contributed by atoms with Gasteiger partial charge in [0.05, 0.1) is 6.61 Å². The maximum absolute atomic E-state index is 10.6. The van der Waals surface area contributed by atoms with Crippen LogP contribution >= 0.6 is 0 Å². The van der Waals surface area contributed by atoms with Gasteiger partial charge in [0.1, 0.15) is 6.29 Å². The van der Waals surface area contributed by atoms with Gasteiger partial charge in [0.2, 0.25) is 6.41 Å². The van der Waals surface area contributed by atoms with Crippen LogP contribution in [0.3, 0.4) is 0 Å². The van der Waals surface area contributed by atoms with Gasteiger partial charge in [-0.3, -0.25) is 9.59 Å². The predicted octanol–water partition coefficient (Wildman–Crippen LogP) is 0.454. The molecule has 4 nitrogen and oxygen atoms in total. The molecule has 0 bridgehead atoms. The third kappa shape index (κ3) is 2.40. The molecule has 0 atom stereocenters. The number of carbonyl (C=O) groups is 2. The number of benzene rings is 1. The summed E-state index contributed by atoms with van der Waals surface area (Å²) in [6.45, 7) is 0.165. The highest BCUT2D eigenvalue weighted by molar-refractivity contribution is 5.79. The molecule has 1 rings (SSSR count). The molecule has 0 aliphatic carbocycles. The highest BCUT2D eigenvalue weighted by Gasteiger charge is 2.03. The van der Waals surface area contributed by atoms with Gasteiger partial charge in [0.25, 0.3) is 0 Å². The summed E-state index contributed by atoms with van der Waals surface area (Å²) in [7, 11) is 0. The van der Waals surface area contributed by atoms with Gasteiger partial charge in [-0.2, -0.15) is 0 Å². The SMILES string of the molecule is O=Cc1ccc(N(C=O)CCO)cc1. The lowest BCUT2D eigenvalue weighted by atomic mass is 10.2. The van der Waals surface area contributed by atoms with Crippen molar-refractivity contribution in [3.8, 4) is 0 Å². The normalized spacial score (nSPS) is 9.50. The quantitative estimate of drug-likeness (QED) is 0.691. The van der Waals surface area contributed by atoms with E-state index in [1.54, 1.807) is 24.3 Å². The zero-order valence-electron chi connectivity index (χ0n) is 7.59. The number of aliphatic hydroxyl groups excluding tert-OH is 1. The number of anilines is 1. The fourth-order valence-corrected chi connectivity index (χ4v) is 1.09. The van der Waals surface area contributed by atoms with Crippen LogP contribution in [-0.4, -0.2) is 31.0 Å². The standard InChI is InChI=1S/C10H11NO3/c12-6-5-11(8-14)10-3-1-9(7-13)2-4-10/h1-4,7-8,12H,5-6H2. The Morgan fingerprint density at radius 3 is 2.29 bits per heavy atom. The summed E-state index contributed by atoms with van der Waals surface area (Å²) in [5.41, 5.74) is 1.23. The molecule has 74 valence electrons. The molecule has 1 N–H and O–H groups in total. The second-order valence-electron chi connectivity index (χ2n) is 2.73. The van der Waals surface area contributed by atoms with E-state index in [4.69, 9.17) is 5.11 Å². The zero-order valence-corrected chi connectivity index (χ0v) is 7.59. The largest absolute Gasteiger partial charge is 0.395 e. The topological polar surface area (TPSA) is 57.6 Å². The Kier molecular flexibility index (Phi) is 3.82. The van der Waals surface area contributed by atoms with E-state index in [-0.39, 0.29) is 13.2 Å². The Morgan fingerprint density at radius 1 is 1.21 bits per heavy atom. The Morgan fingerprint density at radius 2 is 1.86 bits per heavy atom. The Balaban J connectivity index is 2.83. The Hall–Kier alpha value is -1.68. The molecule has 0 saturated carbocycles. The molecule has 1 aromatic carbocycles. The number of carbonyl (C=O) groups excluding carboxylic acids is 2. The van der Waals surface area contributed by atoms with E-state index in [1.807, 2.05) is 0 Å². The summed E-state index contributed by atoms with van der Waals surface area (Å²) < 4.78 is 0. The first-order valence-corrected chi connectivity index (χ1v) is 4.20. The van der Waals surface area contributed by atoms with Gasteiger partial charge in [-0.05, 0) is 24.3 Å². The van der Waals surface area contributed by atoms with Crippen molar-refractivity contribution >= 4 is 18.4 Å². The first kappa shape index (κ1) is 10.4. The molecule has 0 unspecified atom stereocenters. The van der Waals surface area contributed by atoms with Gasteiger partial charge in [0, 0.05) is 17.8 Å². The summed E-state index contributed by atoms with van der Waals surface area (Å²) in [4.78, 5) is 22.3. The molecule has 14 heavy (non-hydrogen) atoms. The van der Waals surface area contributed by atoms with E-state index in [9.17, 15) is 9.59 Å². The zero-order chi connectivity index (χ0) is 10.4.